The highest BCUT2D eigenvalue weighted by atomic mass is 32.2. The first kappa shape index (κ1) is 18.1. The number of rotatable bonds is 5. The number of thiophene rings is 1. The Morgan fingerprint density at radius 2 is 1.80 bits per heavy atom. The molecular weight excluding hydrogens is 358 g/mol. The van der Waals surface area contributed by atoms with Crippen LogP contribution in [0.4, 0.5) is 0 Å². The highest BCUT2D eigenvalue weighted by molar-refractivity contribution is 7.89. The van der Waals surface area contributed by atoms with Crippen LogP contribution in [0.15, 0.2) is 46.7 Å². The minimum Gasteiger partial charge on any atom is -0.336 e. The quantitative estimate of drug-likeness (QED) is 0.857. The van der Waals surface area contributed by atoms with E-state index in [0.29, 0.717) is 18.7 Å². The van der Waals surface area contributed by atoms with E-state index in [2.05, 4.69) is 27.1 Å². The van der Waals surface area contributed by atoms with Crippen molar-refractivity contribution in [3.8, 4) is 0 Å². The van der Waals surface area contributed by atoms with Crippen molar-refractivity contribution in [2.45, 2.75) is 11.4 Å². The second kappa shape index (κ2) is 7.65. The smallest absolute Gasteiger partial charge is 0.253 e. The van der Waals surface area contributed by atoms with Crippen molar-refractivity contribution in [1.29, 1.82) is 0 Å². The first-order valence-electron chi connectivity index (χ1n) is 8.07. The average molecular weight is 380 g/mol. The van der Waals surface area contributed by atoms with Crippen LogP contribution in [0.1, 0.15) is 15.2 Å². The lowest BCUT2D eigenvalue weighted by molar-refractivity contribution is 0.0629. The van der Waals surface area contributed by atoms with Gasteiger partial charge in [-0.3, -0.25) is 9.69 Å². The zero-order valence-electron chi connectivity index (χ0n) is 14.0. The molecule has 1 aliphatic heterocycles. The summed E-state index contributed by atoms with van der Waals surface area (Å²) in [6.07, 6.45) is 0. The van der Waals surface area contributed by atoms with Gasteiger partial charge in [0.05, 0.1) is 4.90 Å². The molecule has 1 fully saturated rings. The minimum atomic E-state index is -3.48. The third-order valence-electron chi connectivity index (χ3n) is 4.30. The molecule has 2 heterocycles. The fourth-order valence-electron chi connectivity index (χ4n) is 2.81. The van der Waals surface area contributed by atoms with Gasteiger partial charge in [0.15, 0.2) is 0 Å². The molecule has 1 N–H and O–H groups in total. The summed E-state index contributed by atoms with van der Waals surface area (Å²) >= 11 is 1.75. The number of carbonyl (C=O) groups excluding carboxylic acids is 1. The van der Waals surface area contributed by atoms with Gasteiger partial charge in [-0.2, -0.15) is 0 Å². The normalized spacial score (nSPS) is 16.1. The molecule has 0 atom stereocenters. The third kappa shape index (κ3) is 4.27. The summed E-state index contributed by atoms with van der Waals surface area (Å²) < 4.78 is 25.7. The van der Waals surface area contributed by atoms with Crippen molar-refractivity contribution in [2.75, 3.05) is 33.2 Å². The molecular formula is C17H21N3O3S2. The van der Waals surface area contributed by atoms with E-state index in [-0.39, 0.29) is 10.8 Å². The molecule has 1 amide bonds. The molecule has 0 bridgehead atoms. The van der Waals surface area contributed by atoms with Gasteiger partial charge in [0.2, 0.25) is 10.0 Å². The van der Waals surface area contributed by atoms with E-state index in [9.17, 15) is 13.2 Å². The standard InChI is InChI=1S/C17H21N3O3S2/c1-18-25(22,23)16-6-4-14(5-7-16)17(21)20-10-8-19(9-11-20)13-15-3-2-12-24-15/h2-7,12,18H,8-11,13H2,1H3. The number of nitrogens with zero attached hydrogens (tertiary/aromatic N) is 2. The Bertz CT molecular complexity index is 809. The second-order valence-electron chi connectivity index (χ2n) is 5.88. The van der Waals surface area contributed by atoms with Crippen molar-refractivity contribution in [2.24, 2.45) is 0 Å². The van der Waals surface area contributed by atoms with Gasteiger partial charge in [-0.1, -0.05) is 6.07 Å². The predicted octanol–water partition coefficient (Wildman–Crippen LogP) is 1.61. The Morgan fingerprint density at radius 3 is 2.36 bits per heavy atom. The summed E-state index contributed by atoms with van der Waals surface area (Å²) in [5.41, 5.74) is 0.516. The second-order valence-corrected chi connectivity index (χ2v) is 8.80. The van der Waals surface area contributed by atoms with Gasteiger partial charge in [0, 0.05) is 43.2 Å². The van der Waals surface area contributed by atoms with Gasteiger partial charge in [-0.25, -0.2) is 13.1 Å². The summed E-state index contributed by atoms with van der Waals surface area (Å²) in [7, 11) is -2.11. The van der Waals surface area contributed by atoms with Crippen LogP contribution in [0, 0.1) is 0 Å². The van der Waals surface area contributed by atoms with Crippen LogP contribution in [0.25, 0.3) is 0 Å². The lowest BCUT2D eigenvalue weighted by atomic mass is 10.2. The van der Waals surface area contributed by atoms with Gasteiger partial charge in [-0.05, 0) is 42.8 Å². The maximum absolute atomic E-state index is 12.6. The Morgan fingerprint density at radius 1 is 1.12 bits per heavy atom. The van der Waals surface area contributed by atoms with Gasteiger partial charge >= 0.3 is 0 Å². The molecule has 1 saturated heterocycles. The van der Waals surface area contributed by atoms with Crippen molar-refractivity contribution in [3.63, 3.8) is 0 Å². The minimum absolute atomic E-state index is 0.0517. The van der Waals surface area contributed by atoms with E-state index in [0.717, 1.165) is 19.6 Å². The molecule has 0 aliphatic carbocycles. The molecule has 2 aromatic rings. The van der Waals surface area contributed by atoms with E-state index in [4.69, 9.17) is 0 Å². The van der Waals surface area contributed by atoms with E-state index in [1.165, 1.54) is 24.1 Å². The molecule has 8 heteroatoms. The van der Waals surface area contributed by atoms with Crippen LogP contribution in [0.5, 0.6) is 0 Å². The maximum atomic E-state index is 12.6. The van der Waals surface area contributed by atoms with Crippen molar-refractivity contribution in [1.82, 2.24) is 14.5 Å². The molecule has 134 valence electrons. The van der Waals surface area contributed by atoms with Gasteiger partial charge in [0.25, 0.3) is 5.91 Å². The highest BCUT2D eigenvalue weighted by Crippen LogP contribution is 2.16. The summed E-state index contributed by atoms with van der Waals surface area (Å²) in [4.78, 5) is 18.3. The fraction of sp³-hybridized carbons (Fsp3) is 0.353. The topological polar surface area (TPSA) is 69.7 Å². The number of piperazine rings is 1. The zero-order chi connectivity index (χ0) is 17.9. The fourth-order valence-corrected chi connectivity index (χ4v) is 4.29. The first-order chi connectivity index (χ1) is 12.0. The largest absolute Gasteiger partial charge is 0.336 e. The number of sulfonamides is 1. The average Bonchev–Trinajstić information content (AvgIpc) is 3.15. The van der Waals surface area contributed by atoms with Crippen molar-refractivity contribution in [3.05, 3.63) is 52.2 Å². The number of hydrogen-bond donors (Lipinski definition) is 1. The molecule has 3 rings (SSSR count). The van der Waals surface area contributed by atoms with E-state index in [1.54, 1.807) is 23.5 Å². The monoisotopic (exact) mass is 379 g/mol. The molecule has 25 heavy (non-hydrogen) atoms. The van der Waals surface area contributed by atoms with Crippen LogP contribution in [-0.2, 0) is 16.6 Å². The van der Waals surface area contributed by atoms with Crippen molar-refractivity contribution < 1.29 is 13.2 Å². The van der Waals surface area contributed by atoms with Gasteiger partial charge in [-0.15, -0.1) is 11.3 Å². The SMILES string of the molecule is CNS(=O)(=O)c1ccc(C(=O)N2CCN(Cc3cccs3)CC2)cc1. The molecule has 1 aromatic carbocycles. The van der Waals surface area contributed by atoms with E-state index in [1.807, 2.05) is 4.90 Å². The number of benzene rings is 1. The van der Waals surface area contributed by atoms with Crippen molar-refractivity contribution >= 4 is 27.3 Å². The number of nitrogens with one attached hydrogen (secondary N) is 1. The Balaban J connectivity index is 1.59. The summed E-state index contributed by atoms with van der Waals surface area (Å²) in [6.45, 7) is 3.98. The Kier molecular flexibility index (Phi) is 5.53. The van der Waals surface area contributed by atoms with Crippen LogP contribution >= 0.6 is 11.3 Å². The molecule has 0 radical (unpaired) electrons. The summed E-state index contributed by atoms with van der Waals surface area (Å²) in [6, 6.07) is 10.3. The molecule has 1 aromatic heterocycles. The Hall–Kier alpha value is -1.74. The maximum Gasteiger partial charge on any atom is 0.253 e. The first-order valence-corrected chi connectivity index (χ1v) is 10.4. The van der Waals surface area contributed by atoms with Crippen LogP contribution < -0.4 is 4.72 Å². The lowest BCUT2D eigenvalue weighted by Gasteiger charge is -2.34. The summed E-state index contributed by atoms with van der Waals surface area (Å²) in [5, 5.41) is 2.08. The molecule has 0 saturated carbocycles. The van der Waals surface area contributed by atoms with Crippen LogP contribution in [-0.4, -0.2) is 57.4 Å². The Labute approximate surface area is 152 Å². The number of hydrogen-bond acceptors (Lipinski definition) is 5. The van der Waals surface area contributed by atoms with Gasteiger partial charge < -0.3 is 4.90 Å². The molecule has 1 aliphatic rings. The number of carbonyl (C=O) groups is 1. The number of amides is 1. The zero-order valence-corrected chi connectivity index (χ0v) is 15.6. The van der Waals surface area contributed by atoms with E-state index < -0.39 is 10.0 Å². The third-order valence-corrected chi connectivity index (χ3v) is 6.59. The van der Waals surface area contributed by atoms with Crippen LogP contribution in [0.3, 0.4) is 0 Å². The lowest BCUT2D eigenvalue weighted by Crippen LogP contribution is -2.48. The molecule has 0 unspecified atom stereocenters. The summed E-state index contributed by atoms with van der Waals surface area (Å²) in [5.74, 6) is -0.0517. The molecule has 0 spiro atoms. The van der Waals surface area contributed by atoms with E-state index >= 15 is 0 Å². The predicted molar refractivity (Wildman–Crippen MR) is 98.2 cm³/mol. The molecule has 6 nitrogen and oxygen atoms in total. The van der Waals surface area contributed by atoms with Crippen LogP contribution in [0.2, 0.25) is 0 Å². The van der Waals surface area contributed by atoms with Gasteiger partial charge in [0.1, 0.15) is 0 Å². The highest BCUT2D eigenvalue weighted by Gasteiger charge is 2.22.